The number of carbonyl (C=O) groups is 1. The lowest BCUT2D eigenvalue weighted by atomic mass is 9.94. The molecule has 4 rings (SSSR count). The summed E-state index contributed by atoms with van der Waals surface area (Å²) in [7, 11) is -3.58. The van der Waals surface area contributed by atoms with Gasteiger partial charge in [-0.15, -0.1) is 0 Å². The van der Waals surface area contributed by atoms with Gasteiger partial charge in [0.05, 0.1) is 22.8 Å². The minimum absolute atomic E-state index is 0.0363. The van der Waals surface area contributed by atoms with Crippen LogP contribution in [0.1, 0.15) is 44.5 Å². The van der Waals surface area contributed by atoms with E-state index < -0.39 is 10.0 Å². The second-order valence-electron chi connectivity index (χ2n) is 9.76. The maximum Gasteiger partial charge on any atom is 0.243 e. The van der Waals surface area contributed by atoms with E-state index in [4.69, 9.17) is 16.7 Å². The highest BCUT2D eigenvalue weighted by molar-refractivity contribution is 7.89. The lowest BCUT2D eigenvalue weighted by Crippen LogP contribution is -2.39. The third-order valence-corrected chi connectivity index (χ3v) is 8.53. The van der Waals surface area contributed by atoms with Crippen LogP contribution in [0.2, 0.25) is 5.02 Å². The molecule has 7 nitrogen and oxygen atoms in total. The first-order valence-corrected chi connectivity index (χ1v) is 14.2. The Morgan fingerprint density at radius 3 is 2.47 bits per heavy atom. The van der Waals surface area contributed by atoms with E-state index >= 15 is 0 Å². The molecule has 1 amide bonds. The first kappa shape index (κ1) is 26.4. The number of carbonyl (C=O) groups excluding carboxylic acids is 1. The molecule has 192 valence electrons. The number of hydrogen-bond donors (Lipinski definition) is 1. The van der Waals surface area contributed by atoms with Crippen molar-refractivity contribution in [2.24, 2.45) is 11.8 Å². The summed E-state index contributed by atoms with van der Waals surface area (Å²) < 4.78 is 29.3. The standard InChI is InChI=1S/C27H33ClN4O3S/c1-20(2)15-25-18-23(30-32(25)24-8-4-3-5-9-24)19-29-27(33)16-21-11-13-31(14-12-21)36(34,35)26-10-6-7-22(28)17-26/h3-10,17-18,20-21H,11-16,19H2,1-2H3,(H,29,33). The number of rotatable bonds is 9. The Kier molecular flexibility index (Phi) is 8.49. The smallest absolute Gasteiger partial charge is 0.243 e. The molecule has 3 aromatic rings. The molecule has 9 heteroatoms. The average Bonchev–Trinajstić information content (AvgIpc) is 3.25. The van der Waals surface area contributed by atoms with Gasteiger partial charge in [-0.1, -0.05) is 49.7 Å². The summed E-state index contributed by atoms with van der Waals surface area (Å²) in [4.78, 5) is 12.9. The molecule has 1 N–H and O–H groups in total. The van der Waals surface area contributed by atoms with Gasteiger partial charge in [-0.2, -0.15) is 9.40 Å². The van der Waals surface area contributed by atoms with Crippen LogP contribution in [0.15, 0.2) is 65.6 Å². The number of halogens is 1. The number of piperidine rings is 1. The number of benzene rings is 2. The van der Waals surface area contributed by atoms with Crippen molar-refractivity contribution in [1.29, 1.82) is 0 Å². The summed E-state index contributed by atoms with van der Waals surface area (Å²) in [5.41, 5.74) is 2.95. The van der Waals surface area contributed by atoms with Crippen molar-refractivity contribution in [2.45, 2.75) is 51.0 Å². The summed E-state index contributed by atoms with van der Waals surface area (Å²) in [5.74, 6) is 0.597. The van der Waals surface area contributed by atoms with Crippen LogP contribution in [0.25, 0.3) is 5.69 Å². The van der Waals surface area contributed by atoms with Crippen LogP contribution >= 0.6 is 11.6 Å². The summed E-state index contributed by atoms with van der Waals surface area (Å²) in [6, 6.07) is 18.4. The molecule has 2 aromatic carbocycles. The van der Waals surface area contributed by atoms with Crippen LogP contribution in [0.4, 0.5) is 0 Å². The van der Waals surface area contributed by atoms with Crippen LogP contribution in [0, 0.1) is 11.8 Å². The van der Waals surface area contributed by atoms with E-state index in [0.717, 1.165) is 23.5 Å². The molecular weight excluding hydrogens is 496 g/mol. The molecule has 0 atom stereocenters. The van der Waals surface area contributed by atoms with Crippen molar-refractivity contribution >= 4 is 27.5 Å². The summed E-state index contributed by atoms with van der Waals surface area (Å²) >= 11 is 5.97. The molecule has 0 aliphatic carbocycles. The predicted octanol–water partition coefficient (Wildman–Crippen LogP) is 4.83. The Bertz CT molecular complexity index is 1280. The van der Waals surface area contributed by atoms with Gasteiger partial charge in [0.15, 0.2) is 0 Å². The zero-order valence-electron chi connectivity index (χ0n) is 20.7. The van der Waals surface area contributed by atoms with E-state index in [-0.39, 0.29) is 16.7 Å². The maximum absolute atomic E-state index is 12.9. The number of aromatic nitrogens is 2. The van der Waals surface area contributed by atoms with Gasteiger partial charge >= 0.3 is 0 Å². The van der Waals surface area contributed by atoms with E-state index in [0.29, 0.717) is 49.8 Å². The molecule has 36 heavy (non-hydrogen) atoms. The Labute approximate surface area is 218 Å². The fourth-order valence-corrected chi connectivity index (χ4v) is 6.34. The Morgan fingerprint density at radius 2 is 1.81 bits per heavy atom. The summed E-state index contributed by atoms with van der Waals surface area (Å²) in [5, 5.41) is 8.14. The topological polar surface area (TPSA) is 84.3 Å². The minimum atomic E-state index is -3.58. The van der Waals surface area contributed by atoms with Crippen molar-refractivity contribution in [3.63, 3.8) is 0 Å². The van der Waals surface area contributed by atoms with Crippen molar-refractivity contribution < 1.29 is 13.2 Å². The highest BCUT2D eigenvalue weighted by Crippen LogP contribution is 2.27. The lowest BCUT2D eigenvalue weighted by molar-refractivity contribution is -0.122. The molecule has 0 saturated carbocycles. The van der Waals surface area contributed by atoms with Crippen molar-refractivity contribution in [3.8, 4) is 5.69 Å². The monoisotopic (exact) mass is 528 g/mol. The highest BCUT2D eigenvalue weighted by Gasteiger charge is 2.30. The zero-order valence-corrected chi connectivity index (χ0v) is 22.3. The zero-order chi connectivity index (χ0) is 25.7. The van der Waals surface area contributed by atoms with Crippen LogP contribution in [-0.4, -0.2) is 41.5 Å². The summed E-state index contributed by atoms with van der Waals surface area (Å²) in [6.45, 7) is 5.51. The van der Waals surface area contributed by atoms with Crippen molar-refractivity contribution in [2.75, 3.05) is 13.1 Å². The average molecular weight is 529 g/mol. The normalized spacial score (nSPS) is 15.3. The first-order chi connectivity index (χ1) is 17.2. The van der Waals surface area contributed by atoms with E-state index in [2.05, 4.69) is 25.2 Å². The van der Waals surface area contributed by atoms with Gasteiger partial charge < -0.3 is 5.32 Å². The van der Waals surface area contributed by atoms with Gasteiger partial charge in [-0.25, -0.2) is 13.1 Å². The molecule has 1 aromatic heterocycles. The Hall–Kier alpha value is -2.68. The van der Waals surface area contributed by atoms with Crippen LogP contribution in [0.5, 0.6) is 0 Å². The number of nitrogens with zero attached hydrogens (tertiary/aromatic N) is 3. The van der Waals surface area contributed by atoms with E-state index in [1.807, 2.05) is 35.0 Å². The molecule has 2 heterocycles. The van der Waals surface area contributed by atoms with Gasteiger partial charge in [0.2, 0.25) is 15.9 Å². The third-order valence-electron chi connectivity index (χ3n) is 6.40. The molecule has 1 aliphatic heterocycles. The molecule has 0 spiro atoms. The molecule has 0 bridgehead atoms. The van der Waals surface area contributed by atoms with Gasteiger partial charge in [0, 0.05) is 30.2 Å². The van der Waals surface area contributed by atoms with E-state index in [1.54, 1.807) is 18.2 Å². The highest BCUT2D eigenvalue weighted by atomic mass is 35.5. The number of para-hydroxylation sites is 1. The molecule has 1 fully saturated rings. The van der Waals surface area contributed by atoms with Gasteiger partial charge in [-0.05, 0) is 67.5 Å². The fraction of sp³-hybridized carbons (Fsp3) is 0.407. The van der Waals surface area contributed by atoms with E-state index in [1.165, 1.54) is 10.4 Å². The lowest BCUT2D eigenvalue weighted by Gasteiger charge is -2.31. The Morgan fingerprint density at radius 1 is 1.08 bits per heavy atom. The van der Waals surface area contributed by atoms with Crippen molar-refractivity contribution in [1.82, 2.24) is 19.4 Å². The quantitative estimate of drug-likeness (QED) is 0.431. The molecule has 0 radical (unpaired) electrons. The Balaban J connectivity index is 1.31. The SMILES string of the molecule is CC(C)Cc1cc(CNC(=O)CC2CCN(S(=O)(=O)c3cccc(Cl)c3)CC2)nn1-c1ccccc1. The van der Waals surface area contributed by atoms with Crippen molar-refractivity contribution in [3.05, 3.63) is 77.1 Å². The number of hydrogen-bond acceptors (Lipinski definition) is 4. The van der Waals surface area contributed by atoms with Crippen LogP contribution in [-0.2, 0) is 27.8 Å². The van der Waals surface area contributed by atoms with Gasteiger partial charge in [-0.3, -0.25) is 4.79 Å². The third kappa shape index (κ3) is 6.55. The largest absolute Gasteiger partial charge is 0.350 e. The van der Waals surface area contributed by atoms with Gasteiger partial charge in [0.25, 0.3) is 0 Å². The van der Waals surface area contributed by atoms with E-state index in [9.17, 15) is 13.2 Å². The predicted molar refractivity (Wildman–Crippen MR) is 142 cm³/mol. The van der Waals surface area contributed by atoms with Crippen LogP contribution in [0.3, 0.4) is 0 Å². The molecule has 0 unspecified atom stereocenters. The fourth-order valence-electron chi connectivity index (χ4n) is 4.57. The molecular formula is C27H33ClN4O3S. The number of amides is 1. The maximum atomic E-state index is 12.9. The second-order valence-corrected chi connectivity index (χ2v) is 12.1. The second kappa shape index (κ2) is 11.6. The van der Waals surface area contributed by atoms with Gasteiger partial charge in [0.1, 0.15) is 0 Å². The van der Waals surface area contributed by atoms with Crippen LogP contribution < -0.4 is 5.32 Å². The molecule has 1 saturated heterocycles. The number of sulfonamides is 1. The molecule has 1 aliphatic rings. The first-order valence-electron chi connectivity index (χ1n) is 12.4. The number of nitrogens with one attached hydrogen (secondary N) is 1. The minimum Gasteiger partial charge on any atom is -0.350 e. The summed E-state index contributed by atoms with van der Waals surface area (Å²) in [6.07, 6.45) is 2.57.